The van der Waals surface area contributed by atoms with Crippen LogP contribution < -0.4 is 0 Å². The van der Waals surface area contributed by atoms with Crippen LogP contribution in [0.15, 0.2) is 41.9 Å². The summed E-state index contributed by atoms with van der Waals surface area (Å²) in [7, 11) is 1.99. The Morgan fingerprint density at radius 1 is 1.29 bits per heavy atom. The fourth-order valence-corrected chi connectivity index (χ4v) is 1.96. The van der Waals surface area contributed by atoms with Crippen LogP contribution in [0.3, 0.4) is 0 Å². The molecule has 0 aliphatic carbocycles. The van der Waals surface area contributed by atoms with Crippen molar-refractivity contribution < 1.29 is 0 Å². The number of aromatic nitrogens is 3. The average Bonchev–Trinajstić information content (AvgIpc) is 2.63. The largest absolute Gasteiger partial charge is 0.329 e. The number of aryl methyl sites for hydroxylation is 1. The zero-order valence-corrected chi connectivity index (χ0v) is 8.74. The number of nitrogens with zero attached hydrogens (tertiary/aromatic N) is 3. The van der Waals surface area contributed by atoms with Crippen LogP contribution in [-0.4, -0.2) is 14.5 Å². The van der Waals surface area contributed by atoms with Crippen LogP contribution >= 0.6 is 11.8 Å². The first kappa shape index (κ1) is 9.27. The number of hydrogen-bond donors (Lipinski definition) is 0. The van der Waals surface area contributed by atoms with E-state index in [1.165, 1.54) is 0 Å². The molecule has 0 unspecified atom stereocenters. The molecular weight excluding hydrogens is 194 g/mol. The SMILES string of the molecule is Cn1ccnc1SCc1ccccn1. The molecule has 0 saturated carbocycles. The van der Waals surface area contributed by atoms with E-state index >= 15 is 0 Å². The Bertz CT molecular complexity index is 397. The lowest BCUT2D eigenvalue weighted by molar-refractivity contribution is 0.789. The molecule has 14 heavy (non-hydrogen) atoms. The van der Waals surface area contributed by atoms with Gasteiger partial charge in [-0.05, 0) is 12.1 Å². The molecule has 3 nitrogen and oxygen atoms in total. The molecule has 0 N–H and O–H groups in total. The lowest BCUT2D eigenvalue weighted by Crippen LogP contribution is -1.90. The van der Waals surface area contributed by atoms with Crippen LogP contribution in [0.1, 0.15) is 5.69 Å². The highest BCUT2D eigenvalue weighted by Crippen LogP contribution is 2.18. The summed E-state index contributed by atoms with van der Waals surface area (Å²) in [5.74, 6) is 0.867. The van der Waals surface area contributed by atoms with Gasteiger partial charge in [0.25, 0.3) is 0 Å². The van der Waals surface area contributed by atoms with Gasteiger partial charge in [-0.3, -0.25) is 4.98 Å². The summed E-state index contributed by atoms with van der Waals surface area (Å²) >= 11 is 1.70. The third-order valence-electron chi connectivity index (χ3n) is 1.85. The highest BCUT2D eigenvalue weighted by atomic mass is 32.2. The van der Waals surface area contributed by atoms with Gasteiger partial charge in [-0.15, -0.1) is 0 Å². The summed E-state index contributed by atoms with van der Waals surface area (Å²) in [5, 5.41) is 1.02. The molecule has 2 aromatic rings. The molecule has 2 rings (SSSR count). The second-order valence-electron chi connectivity index (χ2n) is 2.93. The van der Waals surface area contributed by atoms with Crippen molar-refractivity contribution in [3.05, 3.63) is 42.5 Å². The van der Waals surface area contributed by atoms with Gasteiger partial charge in [0, 0.05) is 31.4 Å². The quantitative estimate of drug-likeness (QED) is 0.719. The Kier molecular flexibility index (Phi) is 2.84. The predicted molar refractivity (Wildman–Crippen MR) is 57.0 cm³/mol. The maximum absolute atomic E-state index is 4.25. The van der Waals surface area contributed by atoms with Crippen molar-refractivity contribution in [1.29, 1.82) is 0 Å². The van der Waals surface area contributed by atoms with E-state index in [4.69, 9.17) is 0 Å². The molecule has 0 spiro atoms. The van der Waals surface area contributed by atoms with E-state index in [2.05, 4.69) is 9.97 Å². The van der Waals surface area contributed by atoms with Crippen LogP contribution in [0, 0.1) is 0 Å². The van der Waals surface area contributed by atoms with Crippen LogP contribution in [0.4, 0.5) is 0 Å². The molecule has 72 valence electrons. The maximum Gasteiger partial charge on any atom is 0.168 e. The summed E-state index contributed by atoms with van der Waals surface area (Å²) < 4.78 is 2.01. The minimum Gasteiger partial charge on any atom is -0.329 e. The smallest absolute Gasteiger partial charge is 0.168 e. The summed E-state index contributed by atoms with van der Waals surface area (Å²) in [6, 6.07) is 5.95. The van der Waals surface area contributed by atoms with Gasteiger partial charge in [0.15, 0.2) is 5.16 Å². The van der Waals surface area contributed by atoms with Crippen LogP contribution in [-0.2, 0) is 12.8 Å². The molecule has 0 aromatic carbocycles. The second kappa shape index (κ2) is 4.28. The zero-order chi connectivity index (χ0) is 9.80. The van der Waals surface area contributed by atoms with Gasteiger partial charge in [-0.25, -0.2) is 4.98 Å². The molecule has 2 heterocycles. The first-order valence-corrected chi connectivity index (χ1v) is 5.35. The van der Waals surface area contributed by atoms with Gasteiger partial charge < -0.3 is 4.57 Å². The van der Waals surface area contributed by atoms with Crippen molar-refractivity contribution in [2.24, 2.45) is 7.05 Å². The summed E-state index contributed by atoms with van der Waals surface area (Å²) in [6.45, 7) is 0. The van der Waals surface area contributed by atoms with E-state index in [0.717, 1.165) is 16.6 Å². The van der Waals surface area contributed by atoms with Crippen molar-refractivity contribution in [1.82, 2.24) is 14.5 Å². The minimum atomic E-state index is 0.867. The Morgan fingerprint density at radius 2 is 2.21 bits per heavy atom. The van der Waals surface area contributed by atoms with Gasteiger partial charge in [0.2, 0.25) is 0 Å². The van der Waals surface area contributed by atoms with Crippen LogP contribution in [0.5, 0.6) is 0 Å². The van der Waals surface area contributed by atoms with E-state index in [-0.39, 0.29) is 0 Å². The Morgan fingerprint density at radius 3 is 2.86 bits per heavy atom. The third kappa shape index (κ3) is 2.14. The molecule has 0 radical (unpaired) electrons. The van der Waals surface area contributed by atoms with Gasteiger partial charge in [-0.2, -0.15) is 0 Å². The zero-order valence-electron chi connectivity index (χ0n) is 7.92. The number of hydrogen-bond acceptors (Lipinski definition) is 3. The molecule has 4 heteroatoms. The Labute approximate surface area is 87.2 Å². The lowest BCUT2D eigenvalue weighted by atomic mass is 10.4. The van der Waals surface area contributed by atoms with Gasteiger partial charge in [0.1, 0.15) is 0 Å². The first-order chi connectivity index (χ1) is 6.86. The summed E-state index contributed by atoms with van der Waals surface area (Å²) in [6.07, 6.45) is 5.57. The molecule has 0 aliphatic rings. The first-order valence-electron chi connectivity index (χ1n) is 4.36. The molecule has 0 atom stereocenters. The molecule has 0 saturated heterocycles. The molecule has 0 bridgehead atoms. The van der Waals surface area contributed by atoms with Crippen LogP contribution in [0.25, 0.3) is 0 Å². The van der Waals surface area contributed by atoms with Gasteiger partial charge >= 0.3 is 0 Å². The topological polar surface area (TPSA) is 30.7 Å². The van der Waals surface area contributed by atoms with E-state index < -0.39 is 0 Å². The second-order valence-corrected chi connectivity index (χ2v) is 3.87. The molecular formula is C10H11N3S. The standard InChI is InChI=1S/C10H11N3S/c1-13-7-6-12-10(13)14-8-9-4-2-3-5-11-9/h2-7H,8H2,1H3. The van der Waals surface area contributed by atoms with Crippen molar-refractivity contribution in [2.45, 2.75) is 10.9 Å². The number of imidazole rings is 1. The molecule has 0 fully saturated rings. The maximum atomic E-state index is 4.25. The molecule has 0 aliphatic heterocycles. The summed E-state index contributed by atoms with van der Waals surface area (Å²) in [4.78, 5) is 8.48. The third-order valence-corrected chi connectivity index (χ3v) is 2.94. The van der Waals surface area contributed by atoms with E-state index in [1.54, 1.807) is 18.0 Å². The van der Waals surface area contributed by atoms with Gasteiger partial charge in [0.05, 0.1) is 5.69 Å². The van der Waals surface area contributed by atoms with Crippen molar-refractivity contribution >= 4 is 11.8 Å². The van der Waals surface area contributed by atoms with Crippen LogP contribution in [0.2, 0.25) is 0 Å². The predicted octanol–water partition coefficient (Wildman–Crippen LogP) is 2.11. The minimum absolute atomic E-state index is 0.867. The monoisotopic (exact) mass is 205 g/mol. The molecule has 2 aromatic heterocycles. The number of pyridine rings is 1. The Balaban J connectivity index is 1.99. The lowest BCUT2D eigenvalue weighted by Gasteiger charge is -2.00. The van der Waals surface area contributed by atoms with Gasteiger partial charge in [-0.1, -0.05) is 17.8 Å². The van der Waals surface area contributed by atoms with E-state index in [0.29, 0.717) is 0 Å². The fourth-order valence-electron chi connectivity index (χ4n) is 1.11. The van der Waals surface area contributed by atoms with Crippen molar-refractivity contribution in [3.63, 3.8) is 0 Å². The number of rotatable bonds is 3. The van der Waals surface area contributed by atoms with Crippen molar-refractivity contribution in [2.75, 3.05) is 0 Å². The average molecular weight is 205 g/mol. The van der Waals surface area contributed by atoms with Crippen molar-refractivity contribution in [3.8, 4) is 0 Å². The Hall–Kier alpha value is -1.29. The van der Waals surface area contributed by atoms with E-state index in [9.17, 15) is 0 Å². The van der Waals surface area contributed by atoms with E-state index in [1.807, 2.05) is 42.2 Å². The highest BCUT2D eigenvalue weighted by molar-refractivity contribution is 7.98. The number of thioether (sulfide) groups is 1. The summed E-state index contributed by atoms with van der Waals surface area (Å²) in [5.41, 5.74) is 1.08. The normalized spacial score (nSPS) is 10.4. The highest BCUT2D eigenvalue weighted by Gasteiger charge is 2.00. The fraction of sp³-hybridized carbons (Fsp3) is 0.200. The molecule has 0 amide bonds.